The standard InChI is InChI=1S/C28H48N4O4S/c1-20-17-26(36-6)18-21(2)28(20)37(34,35)32(5)16-15-27(33)30-24-11-9-23(10-12-24)29-19-22-7-13-25(14-8-22)31(3)4/h17-18,22-25,29H,7-16,19H2,1-6H3,(H,30,33). The first-order valence-electron chi connectivity index (χ1n) is 13.8. The molecule has 0 heterocycles. The molecule has 210 valence electrons. The third-order valence-electron chi connectivity index (χ3n) is 8.33. The maximum absolute atomic E-state index is 13.2. The topological polar surface area (TPSA) is 91.0 Å². The number of amides is 1. The Kier molecular flexibility index (Phi) is 10.8. The summed E-state index contributed by atoms with van der Waals surface area (Å²) in [7, 11) is 3.77. The van der Waals surface area contributed by atoms with Crippen LogP contribution in [0.2, 0.25) is 0 Å². The average molecular weight is 537 g/mol. The monoisotopic (exact) mass is 536 g/mol. The minimum absolute atomic E-state index is 0.0840. The highest BCUT2D eigenvalue weighted by Crippen LogP contribution is 2.29. The molecule has 0 saturated heterocycles. The fourth-order valence-electron chi connectivity index (χ4n) is 5.91. The number of methoxy groups -OCH3 is 1. The Bertz CT molecular complexity index is 974. The van der Waals surface area contributed by atoms with Crippen molar-refractivity contribution in [2.75, 3.05) is 41.3 Å². The summed E-state index contributed by atoms with van der Waals surface area (Å²) < 4.78 is 32.9. The summed E-state index contributed by atoms with van der Waals surface area (Å²) >= 11 is 0. The lowest BCUT2D eigenvalue weighted by atomic mass is 9.84. The number of nitrogens with one attached hydrogen (secondary N) is 2. The van der Waals surface area contributed by atoms with E-state index in [9.17, 15) is 13.2 Å². The van der Waals surface area contributed by atoms with Crippen LogP contribution in [0.5, 0.6) is 5.75 Å². The van der Waals surface area contributed by atoms with E-state index in [0.29, 0.717) is 22.9 Å². The largest absolute Gasteiger partial charge is 0.497 e. The lowest BCUT2D eigenvalue weighted by Gasteiger charge is -2.35. The van der Waals surface area contributed by atoms with Crippen LogP contribution in [0.25, 0.3) is 0 Å². The highest BCUT2D eigenvalue weighted by atomic mass is 32.2. The molecule has 1 aromatic rings. The predicted molar refractivity (Wildman–Crippen MR) is 149 cm³/mol. The van der Waals surface area contributed by atoms with Gasteiger partial charge in [0.1, 0.15) is 5.75 Å². The number of nitrogens with zero attached hydrogens (tertiary/aromatic N) is 2. The molecule has 0 radical (unpaired) electrons. The number of hydrogen-bond donors (Lipinski definition) is 2. The zero-order valence-corrected chi connectivity index (χ0v) is 24.5. The lowest BCUT2D eigenvalue weighted by molar-refractivity contribution is -0.122. The molecule has 2 aliphatic carbocycles. The van der Waals surface area contributed by atoms with Crippen LogP contribution in [-0.2, 0) is 14.8 Å². The van der Waals surface area contributed by atoms with E-state index in [1.165, 1.54) is 37.0 Å². The first-order chi connectivity index (χ1) is 17.5. The van der Waals surface area contributed by atoms with Crippen molar-refractivity contribution in [3.05, 3.63) is 23.3 Å². The highest BCUT2D eigenvalue weighted by Gasteiger charge is 2.28. The third-order valence-corrected chi connectivity index (χ3v) is 10.5. The minimum Gasteiger partial charge on any atom is -0.497 e. The fraction of sp³-hybridized carbons (Fsp3) is 0.750. The van der Waals surface area contributed by atoms with E-state index in [4.69, 9.17) is 4.74 Å². The molecule has 0 atom stereocenters. The highest BCUT2D eigenvalue weighted by molar-refractivity contribution is 7.89. The van der Waals surface area contributed by atoms with Gasteiger partial charge in [0, 0.05) is 38.1 Å². The normalized spacial score (nSPS) is 24.9. The van der Waals surface area contributed by atoms with Crippen LogP contribution in [-0.4, -0.2) is 83.0 Å². The number of carbonyl (C=O) groups is 1. The number of benzene rings is 1. The Morgan fingerprint density at radius 3 is 2.05 bits per heavy atom. The van der Waals surface area contributed by atoms with Crippen LogP contribution < -0.4 is 15.4 Å². The van der Waals surface area contributed by atoms with Gasteiger partial charge in [-0.2, -0.15) is 0 Å². The molecule has 2 saturated carbocycles. The summed E-state index contributed by atoms with van der Waals surface area (Å²) in [5, 5.41) is 6.93. The summed E-state index contributed by atoms with van der Waals surface area (Å²) in [6.07, 6.45) is 9.44. The zero-order chi connectivity index (χ0) is 27.2. The van der Waals surface area contributed by atoms with Gasteiger partial charge in [0.15, 0.2) is 0 Å². The van der Waals surface area contributed by atoms with E-state index >= 15 is 0 Å². The second kappa shape index (κ2) is 13.4. The molecule has 1 amide bonds. The van der Waals surface area contributed by atoms with Crippen LogP contribution in [0.1, 0.15) is 68.9 Å². The second-order valence-corrected chi connectivity index (χ2v) is 13.3. The van der Waals surface area contributed by atoms with E-state index in [1.54, 1.807) is 33.1 Å². The molecule has 0 unspecified atom stereocenters. The number of hydrogen-bond acceptors (Lipinski definition) is 6. The molecular weight excluding hydrogens is 488 g/mol. The first kappa shape index (κ1) is 29.9. The van der Waals surface area contributed by atoms with Gasteiger partial charge in [-0.1, -0.05) is 0 Å². The van der Waals surface area contributed by atoms with Gasteiger partial charge in [-0.15, -0.1) is 0 Å². The smallest absolute Gasteiger partial charge is 0.243 e. The number of ether oxygens (including phenoxy) is 1. The third kappa shape index (κ3) is 8.15. The fourth-order valence-corrected chi connectivity index (χ4v) is 7.49. The van der Waals surface area contributed by atoms with E-state index in [2.05, 4.69) is 29.6 Å². The van der Waals surface area contributed by atoms with Crippen molar-refractivity contribution in [3.63, 3.8) is 0 Å². The number of sulfonamides is 1. The van der Waals surface area contributed by atoms with Gasteiger partial charge in [-0.05, 0) is 115 Å². The Morgan fingerprint density at radius 1 is 0.946 bits per heavy atom. The van der Waals surface area contributed by atoms with Crippen molar-refractivity contribution in [1.29, 1.82) is 0 Å². The van der Waals surface area contributed by atoms with Gasteiger partial charge in [-0.3, -0.25) is 4.79 Å². The van der Waals surface area contributed by atoms with Gasteiger partial charge in [-0.25, -0.2) is 12.7 Å². The van der Waals surface area contributed by atoms with Crippen LogP contribution in [0, 0.1) is 19.8 Å². The Morgan fingerprint density at radius 2 is 1.51 bits per heavy atom. The molecule has 1 aromatic carbocycles. The predicted octanol–water partition coefficient (Wildman–Crippen LogP) is 3.46. The molecule has 0 aromatic heterocycles. The first-order valence-corrected chi connectivity index (χ1v) is 15.3. The molecule has 2 aliphatic rings. The molecule has 9 heteroatoms. The zero-order valence-electron chi connectivity index (χ0n) is 23.7. The van der Waals surface area contributed by atoms with Gasteiger partial charge in [0.2, 0.25) is 15.9 Å². The maximum atomic E-state index is 13.2. The summed E-state index contributed by atoms with van der Waals surface area (Å²) in [6.45, 7) is 4.79. The molecule has 0 bridgehead atoms. The summed E-state index contributed by atoms with van der Waals surface area (Å²) in [5.74, 6) is 1.33. The summed E-state index contributed by atoms with van der Waals surface area (Å²) in [5.41, 5.74) is 1.28. The van der Waals surface area contributed by atoms with Crippen molar-refractivity contribution in [1.82, 2.24) is 19.8 Å². The van der Waals surface area contributed by atoms with E-state index in [-0.39, 0.29) is 29.8 Å². The average Bonchev–Trinajstić information content (AvgIpc) is 2.86. The van der Waals surface area contributed by atoms with Crippen LogP contribution >= 0.6 is 0 Å². The molecule has 0 spiro atoms. The number of carbonyl (C=O) groups excluding carboxylic acids is 1. The molecule has 8 nitrogen and oxygen atoms in total. The molecule has 2 N–H and O–H groups in total. The summed E-state index contributed by atoms with van der Waals surface area (Å²) in [4.78, 5) is 15.3. The van der Waals surface area contributed by atoms with Crippen LogP contribution in [0.15, 0.2) is 17.0 Å². The van der Waals surface area contributed by atoms with Gasteiger partial charge in [0.25, 0.3) is 0 Å². The van der Waals surface area contributed by atoms with Gasteiger partial charge < -0.3 is 20.3 Å². The van der Waals surface area contributed by atoms with Gasteiger partial charge in [0.05, 0.1) is 12.0 Å². The Balaban J connectivity index is 1.38. The maximum Gasteiger partial charge on any atom is 0.243 e. The van der Waals surface area contributed by atoms with Crippen molar-refractivity contribution in [2.45, 2.75) is 94.7 Å². The Labute approximate surface area is 224 Å². The van der Waals surface area contributed by atoms with Crippen molar-refractivity contribution >= 4 is 15.9 Å². The SMILES string of the molecule is COc1cc(C)c(S(=O)(=O)N(C)CCC(=O)NC2CCC(NCC3CCC(N(C)C)CC3)CC2)c(C)c1. The molecule has 0 aliphatic heterocycles. The van der Waals surface area contributed by atoms with Crippen molar-refractivity contribution in [2.24, 2.45) is 5.92 Å². The Hall–Kier alpha value is -1.68. The minimum atomic E-state index is -3.70. The van der Waals surface area contributed by atoms with Crippen molar-refractivity contribution < 1.29 is 17.9 Å². The van der Waals surface area contributed by atoms with E-state index < -0.39 is 10.0 Å². The molecule has 2 fully saturated rings. The lowest BCUT2D eigenvalue weighted by Crippen LogP contribution is -2.44. The molecule has 37 heavy (non-hydrogen) atoms. The van der Waals surface area contributed by atoms with Gasteiger partial charge >= 0.3 is 0 Å². The molecular formula is C28H48N4O4S. The van der Waals surface area contributed by atoms with Crippen molar-refractivity contribution in [3.8, 4) is 5.75 Å². The number of aryl methyl sites for hydroxylation is 2. The number of rotatable bonds is 11. The van der Waals surface area contributed by atoms with Crippen LogP contribution in [0.4, 0.5) is 0 Å². The second-order valence-electron chi connectivity index (χ2n) is 11.3. The molecule has 3 rings (SSSR count). The quantitative estimate of drug-likeness (QED) is 0.450. The van der Waals surface area contributed by atoms with Crippen LogP contribution in [0.3, 0.4) is 0 Å². The van der Waals surface area contributed by atoms with E-state index in [1.807, 2.05) is 0 Å². The van der Waals surface area contributed by atoms with E-state index in [0.717, 1.165) is 44.2 Å². The summed E-state index contributed by atoms with van der Waals surface area (Å²) in [6, 6.07) is 4.90.